The summed E-state index contributed by atoms with van der Waals surface area (Å²) >= 11 is 0. The van der Waals surface area contributed by atoms with Gasteiger partial charge < -0.3 is 50.3 Å². The summed E-state index contributed by atoms with van der Waals surface area (Å²) < 4.78 is 23.6. The molecule has 314 valence electrons. The molecule has 58 heavy (non-hydrogen) atoms. The average molecular weight is 807 g/mol. The minimum absolute atomic E-state index is 0.0883. The van der Waals surface area contributed by atoms with E-state index in [2.05, 4.69) is 16.0 Å². The van der Waals surface area contributed by atoms with Crippen molar-refractivity contribution in [1.29, 1.82) is 0 Å². The highest BCUT2D eigenvalue weighted by Gasteiger charge is 2.51. The predicted molar refractivity (Wildman–Crippen MR) is 211 cm³/mol. The fourth-order valence-electron chi connectivity index (χ4n) is 7.32. The van der Waals surface area contributed by atoms with Crippen molar-refractivity contribution < 1.29 is 48.0 Å². The maximum Gasteiger partial charge on any atom is 0.509 e. The van der Waals surface area contributed by atoms with E-state index in [1.54, 1.807) is 63.5 Å². The molecule has 3 unspecified atom stereocenters. The van der Waals surface area contributed by atoms with E-state index in [1.165, 1.54) is 0 Å². The van der Waals surface area contributed by atoms with Crippen molar-refractivity contribution in [3.8, 4) is 17.1 Å². The summed E-state index contributed by atoms with van der Waals surface area (Å²) in [6.45, 7) is 9.97. The SMILES string of the molecule is CCc1c2c(nc3ccc(O)cc13)-c1cc3c(c(=O)n1C2)COC(=O)C3(CC)OC(=O)OCC(NC(=O)C(CCCCN)NC(=O)COCC(=O)NC(C)C)C(C)C. The number of nitrogens with one attached hydrogen (secondary N) is 3. The van der Waals surface area contributed by atoms with E-state index in [0.29, 0.717) is 42.7 Å². The summed E-state index contributed by atoms with van der Waals surface area (Å²) in [5.41, 5.74) is 6.92. The maximum absolute atomic E-state index is 14.1. The van der Waals surface area contributed by atoms with Crippen molar-refractivity contribution in [1.82, 2.24) is 25.5 Å². The van der Waals surface area contributed by atoms with Gasteiger partial charge in [-0.05, 0) is 88.2 Å². The number of rotatable bonds is 18. The summed E-state index contributed by atoms with van der Waals surface area (Å²) in [6.07, 6.45) is 0.706. The molecule has 3 amide bonds. The highest BCUT2D eigenvalue weighted by atomic mass is 16.7. The fourth-order valence-corrected chi connectivity index (χ4v) is 7.32. The first kappa shape index (κ1) is 43.6. The Hall–Kier alpha value is -5.55. The Morgan fingerprint density at radius 3 is 2.38 bits per heavy atom. The number of carbonyl (C=O) groups excluding carboxylic acids is 5. The largest absolute Gasteiger partial charge is 0.509 e. The minimum atomic E-state index is -2.02. The summed E-state index contributed by atoms with van der Waals surface area (Å²) in [6, 6.07) is 4.74. The third-order valence-electron chi connectivity index (χ3n) is 10.4. The van der Waals surface area contributed by atoms with Gasteiger partial charge >= 0.3 is 12.1 Å². The van der Waals surface area contributed by atoms with E-state index >= 15 is 0 Å². The first-order chi connectivity index (χ1) is 27.6. The number of fused-ring (bicyclic) bond motifs is 5. The van der Waals surface area contributed by atoms with Crippen molar-refractivity contribution in [2.45, 2.75) is 111 Å². The lowest BCUT2D eigenvalue weighted by Crippen LogP contribution is -2.53. The number of nitrogens with two attached hydrogens (primary N) is 1. The average Bonchev–Trinajstić information content (AvgIpc) is 3.54. The molecule has 0 saturated heterocycles. The van der Waals surface area contributed by atoms with Crippen LogP contribution >= 0.6 is 0 Å². The first-order valence-electron chi connectivity index (χ1n) is 19.8. The van der Waals surface area contributed by atoms with Gasteiger partial charge in [0.15, 0.2) is 0 Å². The molecule has 1 aromatic carbocycles. The van der Waals surface area contributed by atoms with Crippen LogP contribution in [0.5, 0.6) is 5.75 Å². The zero-order chi connectivity index (χ0) is 42.3. The Kier molecular flexibility index (Phi) is 14.1. The summed E-state index contributed by atoms with van der Waals surface area (Å²) in [7, 11) is 0. The van der Waals surface area contributed by atoms with Crippen molar-refractivity contribution in [2.75, 3.05) is 26.4 Å². The van der Waals surface area contributed by atoms with Crippen molar-refractivity contribution >= 4 is 40.7 Å². The van der Waals surface area contributed by atoms with E-state index in [-0.39, 0.29) is 74.0 Å². The molecule has 2 aliphatic heterocycles. The summed E-state index contributed by atoms with van der Waals surface area (Å²) in [5, 5.41) is 19.1. The van der Waals surface area contributed by atoms with Gasteiger partial charge in [-0.15, -0.1) is 0 Å². The number of aromatic hydroxyl groups is 1. The predicted octanol–water partition coefficient (Wildman–Crippen LogP) is 2.80. The number of esters is 1. The number of unbranched alkanes of at least 4 members (excludes halogenated alkanes) is 1. The molecule has 0 aliphatic carbocycles. The smallest absolute Gasteiger partial charge is 0.508 e. The third kappa shape index (κ3) is 9.42. The van der Waals surface area contributed by atoms with Gasteiger partial charge in [0.2, 0.25) is 23.3 Å². The summed E-state index contributed by atoms with van der Waals surface area (Å²) in [5.74, 6) is -2.54. The van der Waals surface area contributed by atoms with E-state index in [0.717, 1.165) is 16.5 Å². The third-order valence-corrected chi connectivity index (χ3v) is 10.4. The highest BCUT2D eigenvalue weighted by molar-refractivity contribution is 5.91. The van der Waals surface area contributed by atoms with E-state index < -0.39 is 53.8 Å². The van der Waals surface area contributed by atoms with Crippen molar-refractivity contribution in [3.63, 3.8) is 0 Å². The zero-order valence-electron chi connectivity index (χ0n) is 33.9. The summed E-state index contributed by atoms with van der Waals surface area (Å²) in [4.78, 5) is 84.1. The molecular weight excluding hydrogens is 752 g/mol. The molecule has 5 rings (SSSR count). The Morgan fingerprint density at radius 2 is 1.72 bits per heavy atom. The second-order valence-corrected chi connectivity index (χ2v) is 15.2. The molecule has 2 aliphatic rings. The number of carbonyl (C=O) groups is 5. The van der Waals surface area contributed by atoms with Crippen LogP contribution in [0.4, 0.5) is 4.79 Å². The number of ether oxygens (including phenoxy) is 4. The number of hydrogen-bond acceptors (Lipinski definition) is 13. The molecule has 17 heteroatoms. The van der Waals surface area contributed by atoms with Gasteiger partial charge in [0.05, 0.1) is 35.1 Å². The maximum atomic E-state index is 14.1. The number of aromatic nitrogens is 2. The Balaban J connectivity index is 1.32. The Bertz CT molecular complexity index is 2120. The quantitative estimate of drug-likeness (QED) is 0.0719. The molecule has 6 N–H and O–H groups in total. The molecule has 0 saturated carbocycles. The fraction of sp³-hybridized carbons (Fsp3) is 0.537. The zero-order valence-corrected chi connectivity index (χ0v) is 33.9. The molecule has 0 radical (unpaired) electrons. The second kappa shape index (κ2) is 18.8. The van der Waals surface area contributed by atoms with Crippen LogP contribution in [0.1, 0.15) is 89.5 Å². The molecule has 3 atom stereocenters. The molecule has 0 bridgehead atoms. The topological polar surface area (TPSA) is 240 Å². The molecule has 4 heterocycles. The normalized spacial score (nSPS) is 16.5. The van der Waals surface area contributed by atoms with Gasteiger partial charge in [-0.1, -0.05) is 27.7 Å². The van der Waals surface area contributed by atoms with Crippen LogP contribution in [-0.2, 0) is 63.3 Å². The monoisotopic (exact) mass is 806 g/mol. The van der Waals surface area contributed by atoms with Gasteiger partial charge in [0.1, 0.15) is 38.2 Å². The number of cyclic esters (lactones) is 1. The number of aryl methyl sites for hydroxylation is 1. The highest BCUT2D eigenvalue weighted by Crippen LogP contribution is 2.42. The standard InChI is InChI=1S/C41H54N6O11/c1-7-25-26-15-24(48)12-13-30(26)45-36-27(25)17-47-33(36)16-29-28(38(47)52)18-56-39(53)41(29,8-2)58-40(54)57-19-32(22(3)4)46-37(51)31(11-9-10-14-42)44-35(50)21-55-20-34(49)43-23(5)6/h12-13,15-16,22-23,31-32,48H,7-11,14,17-21,42H2,1-6H3,(H,43,49)(H,44,50)(H,46,51). The van der Waals surface area contributed by atoms with Crippen molar-refractivity contribution in [3.05, 3.63) is 56.9 Å². The van der Waals surface area contributed by atoms with Gasteiger partial charge in [0, 0.05) is 22.6 Å². The first-order valence-corrected chi connectivity index (χ1v) is 19.8. The van der Waals surface area contributed by atoms with Crippen LogP contribution < -0.4 is 27.2 Å². The lowest BCUT2D eigenvalue weighted by molar-refractivity contribution is -0.175. The number of nitrogens with zero attached hydrogens (tertiary/aromatic N) is 2. The molecule has 3 aromatic rings. The molecule has 0 spiro atoms. The number of phenolic OH excluding ortho intramolecular Hbond substituents is 1. The second-order valence-electron chi connectivity index (χ2n) is 15.2. The molecule has 17 nitrogen and oxygen atoms in total. The van der Waals surface area contributed by atoms with Crippen LogP contribution in [0.2, 0.25) is 0 Å². The van der Waals surface area contributed by atoms with Crippen LogP contribution in [0, 0.1) is 5.92 Å². The van der Waals surface area contributed by atoms with E-state index in [4.69, 9.17) is 29.7 Å². The number of benzene rings is 1. The lowest BCUT2D eigenvalue weighted by Gasteiger charge is -2.35. The van der Waals surface area contributed by atoms with Crippen molar-refractivity contribution in [2.24, 2.45) is 11.7 Å². The van der Waals surface area contributed by atoms with Crippen LogP contribution in [-0.4, -0.2) is 89.0 Å². The van der Waals surface area contributed by atoms with Gasteiger partial charge in [-0.2, -0.15) is 0 Å². The molecular formula is C41H54N6O11. The molecule has 2 aromatic heterocycles. The van der Waals surface area contributed by atoms with Gasteiger partial charge in [0.25, 0.3) is 5.56 Å². The number of amides is 3. The Morgan fingerprint density at radius 1 is 1.00 bits per heavy atom. The number of pyridine rings is 2. The van der Waals surface area contributed by atoms with Crippen LogP contribution in [0.15, 0.2) is 29.1 Å². The Labute approximate surface area is 336 Å². The molecule has 0 fully saturated rings. The van der Waals surface area contributed by atoms with Gasteiger partial charge in [-0.25, -0.2) is 14.6 Å². The van der Waals surface area contributed by atoms with E-state index in [9.17, 15) is 33.9 Å². The number of phenols is 1. The van der Waals surface area contributed by atoms with E-state index in [1.807, 2.05) is 6.92 Å². The van der Waals surface area contributed by atoms with Crippen LogP contribution in [0.3, 0.4) is 0 Å². The van der Waals surface area contributed by atoms with Gasteiger partial charge in [-0.3, -0.25) is 19.2 Å². The minimum Gasteiger partial charge on any atom is -0.508 e. The van der Waals surface area contributed by atoms with Crippen LogP contribution in [0.25, 0.3) is 22.3 Å². The lowest BCUT2D eigenvalue weighted by atomic mass is 9.85. The number of hydrogen-bond donors (Lipinski definition) is 5.